The van der Waals surface area contributed by atoms with Crippen LogP contribution in [0.4, 0.5) is 11.5 Å². The molecule has 6 heteroatoms. The summed E-state index contributed by atoms with van der Waals surface area (Å²) in [5.74, 6) is 0.710. The molecule has 0 atom stereocenters. The lowest BCUT2D eigenvalue weighted by molar-refractivity contribution is -0.118. The number of hydrogen-bond acceptors (Lipinski definition) is 4. The van der Waals surface area contributed by atoms with Crippen molar-refractivity contribution in [2.75, 3.05) is 30.3 Å². The summed E-state index contributed by atoms with van der Waals surface area (Å²) in [6.45, 7) is 1.88. The average Bonchev–Trinajstić information content (AvgIpc) is 2.80. The van der Waals surface area contributed by atoms with E-state index in [2.05, 4.69) is 10.4 Å². The van der Waals surface area contributed by atoms with Crippen molar-refractivity contribution in [3.63, 3.8) is 0 Å². The quantitative estimate of drug-likeness (QED) is 0.839. The number of aryl methyl sites for hydroxylation is 1. The number of nitrogens with two attached hydrogens (primary N) is 1. The van der Waals surface area contributed by atoms with Crippen LogP contribution in [-0.2, 0) is 11.8 Å². The molecule has 2 heterocycles. The van der Waals surface area contributed by atoms with Gasteiger partial charge in [0.05, 0.1) is 12.7 Å². The Balaban J connectivity index is 1.97. The molecule has 0 saturated carbocycles. The minimum atomic E-state index is 0.0903. The summed E-state index contributed by atoms with van der Waals surface area (Å²) in [6, 6.07) is 7.84. The number of aromatic nitrogens is 2. The van der Waals surface area contributed by atoms with E-state index in [9.17, 15) is 4.79 Å². The Morgan fingerprint density at radius 3 is 2.95 bits per heavy atom. The molecule has 1 aromatic carbocycles. The molecule has 0 radical (unpaired) electrons. The number of nitrogens with one attached hydrogen (secondary N) is 1. The van der Waals surface area contributed by atoms with E-state index in [-0.39, 0.29) is 5.91 Å². The summed E-state index contributed by atoms with van der Waals surface area (Å²) in [7, 11) is 1.81. The van der Waals surface area contributed by atoms with Gasteiger partial charge in [-0.1, -0.05) is 12.1 Å². The highest BCUT2D eigenvalue weighted by Gasteiger charge is 2.19. The molecule has 3 N–H and O–H groups in total. The van der Waals surface area contributed by atoms with Crippen LogP contribution < -0.4 is 16.0 Å². The number of benzene rings is 1. The monoisotopic (exact) mass is 271 g/mol. The fourth-order valence-electron chi connectivity index (χ4n) is 2.39. The first kappa shape index (κ1) is 12.7. The first-order valence-corrected chi connectivity index (χ1v) is 6.56. The van der Waals surface area contributed by atoms with Crippen LogP contribution >= 0.6 is 0 Å². The van der Waals surface area contributed by atoms with Crippen LogP contribution in [-0.4, -0.2) is 35.3 Å². The van der Waals surface area contributed by atoms with Gasteiger partial charge < -0.3 is 16.0 Å². The van der Waals surface area contributed by atoms with Crippen LogP contribution in [0, 0.1) is 0 Å². The lowest BCUT2D eigenvalue weighted by atomic mass is 10.1. The van der Waals surface area contributed by atoms with Crippen LogP contribution in [0.15, 0.2) is 30.5 Å². The average molecular weight is 271 g/mol. The topological polar surface area (TPSA) is 76.2 Å². The van der Waals surface area contributed by atoms with Crippen LogP contribution in [0.1, 0.15) is 0 Å². The summed E-state index contributed by atoms with van der Waals surface area (Å²) in [6.07, 6.45) is 1.74. The minimum Gasteiger partial charge on any atom is -0.383 e. The lowest BCUT2D eigenvalue weighted by Gasteiger charge is -2.27. The van der Waals surface area contributed by atoms with Gasteiger partial charge in [-0.25, -0.2) is 0 Å². The van der Waals surface area contributed by atoms with Gasteiger partial charge in [0.25, 0.3) is 0 Å². The third kappa shape index (κ3) is 2.14. The zero-order valence-corrected chi connectivity index (χ0v) is 11.3. The molecule has 1 amide bonds. The number of amides is 1. The maximum Gasteiger partial charge on any atom is 0.240 e. The molecule has 1 saturated heterocycles. The van der Waals surface area contributed by atoms with E-state index >= 15 is 0 Å². The van der Waals surface area contributed by atoms with E-state index in [4.69, 9.17) is 5.73 Å². The predicted molar refractivity (Wildman–Crippen MR) is 78.3 cm³/mol. The van der Waals surface area contributed by atoms with Crippen LogP contribution in [0.2, 0.25) is 0 Å². The van der Waals surface area contributed by atoms with Gasteiger partial charge >= 0.3 is 0 Å². The third-order valence-corrected chi connectivity index (χ3v) is 3.54. The molecule has 1 aliphatic rings. The molecule has 104 valence electrons. The number of carbonyl (C=O) groups is 1. The minimum absolute atomic E-state index is 0.0903. The van der Waals surface area contributed by atoms with Crippen molar-refractivity contribution in [2.45, 2.75) is 0 Å². The number of piperazine rings is 1. The number of rotatable bonds is 2. The Morgan fingerprint density at radius 1 is 1.40 bits per heavy atom. The Hall–Kier alpha value is -2.34. The van der Waals surface area contributed by atoms with E-state index in [0.29, 0.717) is 18.9 Å². The van der Waals surface area contributed by atoms with Crippen molar-refractivity contribution in [3.05, 3.63) is 30.5 Å². The van der Waals surface area contributed by atoms with Crippen LogP contribution in [0.5, 0.6) is 0 Å². The maximum atomic E-state index is 11.9. The number of nitrogen functional groups attached to an aromatic ring is 1. The van der Waals surface area contributed by atoms with E-state index in [0.717, 1.165) is 23.4 Å². The predicted octanol–water partition coefficient (Wildman–Crippen LogP) is 0.605. The van der Waals surface area contributed by atoms with Gasteiger partial charge in [-0.3, -0.25) is 9.48 Å². The Bertz CT molecular complexity index is 649. The fraction of sp³-hybridized carbons (Fsp3) is 0.286. The zero-order chi connectivity index (χ0) is 14.1. The van der Waals surface area contributed by atoms with Crippen molar-refractivity contribution < 1.29 is 4.79 Å². The fourth-order valence-corrected chi connectivity index (χ4v) is 2.39. The standard InChI is InChI=1S/C14H17N5O/c1-18-14(15)12(8-17-18)10-3-2-4-11(7-10)19-6-5-16-9-13(19)20/h2-4,7-8,16H,5-6,9,15H2,1H3. The molecule has 0 unspecified atom stereocenters. The summed E-state index contributed by atoms with van der Waals surface area (Å²) < 4.78 is 1.64. The van der Waals surface area contributed by atoms with Gasteiger partial charge in [0.1, 0.15) is 5.82 Å². The molecule has 2 aromatic rings. The van der Waals surface area contributed by atoms with Crippen molar-refractivity contribution in [1.82, 2.24) is 15.1 Å². The normalized spacial score (nSPS) is 15.7. The second-order valence-electron chi connectivity index (χ2n) is 4.84. The van der Waals surface area contributed by atoms with E-state index < -0.39 is 0 Å². The molecular formula is C14H17N5O. The smallest absolute Gasteiger partial charge is 0.240 e. The highest BCUT2D eigenvalue weighted by atomic mass is 16.2. The van der Waals surface area contributed by atoms with Gasteiger partial charge in [0.2, 0.25) is 5.91 Å². The molecule has 3 rings (SSSR count). The van der Waals surface area contributed by atoms with Gasteiger partial charge in [-0.2, -0.15) is 5.10 Å². The van der Waals surface area contributed by atoms with Crippen molar-refractivity contribution in [1.29, 1.82) is 0 Å². The summed E-state index contributed by atoms with van der Waals surface area (Å²) in [5, 5.41) is 7.22. The Morgan fingerprint density at radius 2 is 2.25 bits per heavy atom. The van der Waals surface area contributed by atoms with Crippen molar-refractivity contribution >= 4 is 17.4 Å². The van der Waals surface area contributed by atoms with Gasteiger partial charge in [-0.05, 0) is 17.7 Å². The molecule has 0 bridgehead atoms. The summed E-state index contributed by atoms with van der Waals surface area (Å²) in [4.78, 5) is 13.7. The van der Waals surface area contributed by atoms with Crippen molar-refractivity contribution in [3.8, 4) is 11.1 Å². The maximum absolute atomic E-state index is 11.9. The second-order valence-corrected chi connectivity index (χ2v) is 4.84. The molecule has 20 heavy (non-hydrogen) atoms. The first-order chi connectivity index (χ1) is 9.66. The number of carbonyl (C=O) groups excluding carboxylic acids is 1. The van der Waals surface area contributed by atoms with E-state index in [1.165, 1.54) is 0 Å². The molecule has 6 nitrogen and oxygen atoms in total. The largest absolute Gasteiger partial charge is 0.383 e. The van der Waals surface area contributed by atoms with Crippen LogP contribution in [0.3, 0.4) is 0 Å². The highest BCUT2D eigenvalue weighted by Crippen LogP contribution is 2.28. The second kappa shape index (κ2) is 4.97. The van der Waals surface area contributed by atoms with Crippen LogP contribution in [0.25, 0.3) is 11.1 Å². The lowest BCUT2D eigenvalue weighted by Crippen LogP contribution is -2.48. The molecule has 1 aromatic heterocycles. The SMILES string of the molecule is Cn1ncc(-c2cccc(N3CCNCC3=O)c2)c1N. The molecule has 0 aliphatic carbocycles. The highest BCUT2D eigenvalue weighted by molar-refractivity contribution is 5.96. The number of hydrogen-bond donors (Lipinski definition) is 2. The van der Waals surface area contributed by atoms with Gasteiger partial charge in [0.15, 0.2) is 0 Å². The molecule has 1 aliphatic heterocycles. The zero-order valence-electron chi connectivity index (χ0n) is 11.3. The van der Waals surface area contributed by atoms with Gasteiger partial charge in [-0.15, -0.1) is 0 Å². The van der Waals surface area contributed by atoms with Crippen molar-refractivity contribution in [2.24, 2.45) is 7.05 Å². The summed E-state index contributed by atoms with van der Waals surface area (Å²) in [5.41, 5.74) is 8.76. The van der Waals surface area contributed by atoms with E-state index in [1.807, 2.05) is 31.3 Å². The Labute approximate surface area is 117 Å². The summed E-state index contributed by atoms with van der Waals surface area (Å²) >= 11 is 0. The Kier molecular flexibility index (Phi) is 3.15. The number of nitrogens with zero attached hydrogens (tertiary/aromatic N) is 3. The first-order valence-electron chi connectivity index (χ1n) is 6.56. The molecule has 0 spiro atoms. The molecule has 1 fully saturated rings. The molecular weight excluding hydrogens is 254 g/mol. The van der Waals surface area contributed by atoms with Gasteiger partial charge in [0, 0.05) is 31.4 Å². The van der Waals surface area contributed by atoms with E-state index in [1.54, 1.807) is 15.8 Å². The third-order valence-electron chi connectivity index (χ3n) is 3.54. The number of anilines is 2.